The largest absolute Gasteiger partial charge is 0.488 e. The Hall–Kier alpha value is -2.60. The lowest BCUT2D eigenvalue weighted by molar-refractivity contribution is -0.384. The summed E-state index contributed by atoms with van der Waals surface area (Å²) in [6, 6.07) is 13.1. The minimum absolute atomic E-state index is 0. The van der Waals surface area contributed by atoms with Crippen molar-refractivity contribution >= 4 is 23.9 Å². The molecule has 0 saturated carbocycles. The number of nitrogens with two attached hydrogens (primary N) is 1. The number of nitrogens with one attached hydrogen (secondary N) is 1. The molecule has 6 nitrogen and oxygen atoms in total. The number of nitro groups is 1. The van der Waals surface area contributed by atoms with Crippen LogP contribution in [-0.4, -0.2) is 10.8 Å². The summed E-state index contributed by atoms with van der Waals surface area (Å²) in [5.41, 5.74) is 6.83. The number of hydrogen-bond acceptors (Lipinski definition) is 4. The zero-order valence-electron chi connectivity index (χ0n) is 11.0. The highest BCUT2D eigenvalue weighted by molar-refractivity contribution is 5.97. The first-order valence-corrected chi connectivity index (χ1v) is 5.87. The van der Waals surface area contributed by atoms with Gasteiger partial charge in [-0.2, -0.15) is 0 Å². The molecule has 0 aromatic heterocycles. The quantitative estimate of drug-likeness (QED) is 0.383. The van der Waals surface area contributed by atoms with Gasteiger partial charge in [0.2, 0.25) is 0 Å². The molecule has 0 radical (unpaired) electrons. The molecule has 0 aliphatic rings. The summed E-state index contributed by atoms with van der Waals surface area (Å²) in [6.07, 6.45) is 0. The number of halogens is 1. The van der Waals surface area contributed by atoms with Crippen molar-refractivity contribution in [2.24, 2.45) is 5.73 Å². The Balaban J connectivity index is 0.00000220. The Bertz CT molecular complexity index is 644. The molecule has 0 atom stereocenters. The van der Waals surface area contributed by atoms with E-state index in [1.54, 1.807) is 36.4 Å². The lowest BCUT2D eigenvalue weighted by Gasteiger charge is -2.10. The fraction of sp³-hybridized carbons (Fsp3) is 0.0714. The highest BCUT2D eigenvalue weighted by Gasteiger charge is 2.07. The number of benzene rings is 2. The van der Waals surface area contributed by atoms with E-state index in [0.717, 1.165) is 5.56 Å². The van der Waals surface area contributed by atoms with Crippen molar-refractivity contribution in [3.05, 3.63) is 69.8 Å². The second-order valence-electron chi connectivity index (χ2n) is 4.12. The van der Waals surface area contributed by atoms with Gasteiger partial charge in [-0.15, -0.1) is 12.4 Å². The van der Waals surface area contributed by atoms with Crippen molar-refractivity contribution < 1.29 is 9.66 Å². The highest BCUT2D eigenvalue weighted by atomic mass is 35.5. The van der Waals surface area contributed by atoms with Gasteiger partial charge in [0.25, 0.3) is 5.69 Å². The lowest BCUT2D eigenvalue weighted by atomic mass is 10.2. The maximum absolute atomic E-state index is 10.5. The molecule has 7 heteroatoms. The van der Waals surface area contributed by atoms with Crippen LogP contribution in [0.25, 0.3) is 0 Å². The highest BCUT2D eigenvalue weighted by Crippen LogP contribution is 2.19. The molecule has 0 saturated heterocycles. The second-order valence-corrected chi connectivity index (χ2v) is 4.12. The van der Waals surface area contributed by atoms with E-state index < -0.39 is 4.92 Å². The summed E-state index contributed by atoms with van der Waals surface area (Å²) in [5.74, 6) is 0.447. The fourth-order valence-electron chi connectivity index (χ4n) is 1.69. The van der Waals surface area contributed by atoms with E-state index in [1.165, 1.54) is 12.1 Å². The van der Waals surface area contributed by atoms with E-state index in [-0.39, 0.29) is 30.5 Å². The molecule has 0 unspecified atom stereocenters. The van der Waals surface area contributed by atoms with Crippen LogP contribution in [0.3, 0.4) is 0 Å². The molecule has 21 heavy (non-hydrogen) atoms. The predicted molar refractivity (Wildman–Crippen MR) is 82.1 cm³/mol. The van der Waals surface area contributed by atoms with Gasteiger partial charge in [0.1, 0.15) is 18.2 Å². The third kappa shape index (κ3) is 4.19. The van der Waals surface area contributed by atoms with E-state index in [0.29, 0.717) is 11.3 Å². The number of non-ortho nitro benzene ring substituents is 1. The zero-order valence-corrected chi connectivity index (χ0v) is 11.8. The van der Waals surface area contributed by atoms with Crippen LogP contribution < -0.4 is 10.5 Å². The zero-order chi connectivity index (χ0) is 14.5. The van der Waals surface area contributed by atoms with E-state index in [1.807, 2.05) is 0 Å². The third-order valence-corrected chi connectivity index (χ3v) is 2.72. The van der Waals surface area contributed by atoms with Gasteiger partial charge >= 0.3 is 0 Å². The standard InChI is InChI=1S/C14H13N3O3.ClH/c15-14(16)12-3-1-2-4-13(12)20-9-10-5-7-11(8-6-10)17(18)19;/h1-8H,9H2,(H3,15,16);1H. The molecule has 2 rings (SSSR count). The van der Waals surface area contributed by atoms with Crippen molar-refractivity contribution in [1.29, 1.82) is 5.41 Å². The van der Waals surface area contributed by atoms with Gasteiger partial charge in [-0.3, -0.25) is 15.5 Å². The van der Waals surface area contributed by atoms with Crippen LogP contribution >= 0.6 is 12.4 Å². The van der Waals surface area contributed by atoms with E-state index in [2.05, 4.69) is 0 Å². The minimum atomic E-state index is -0.449. The smallest absolute Gasteiger partial charge is 0.269 e. The number of nitrogen functional groups attached to an aromatic ring is 1. The van der Waals surface area contributed by atoms with Gasteiger partial charge < -0.3 is 10.5 Å². The van der Waals surface area contributed by atoms with Gasteiger partial charge in [-0.25, -0.2) is 0 Å². The van der Waals surface area contributed by atoms with Crippen LogP contribution in [0.2, 0.25) is 0 Å². The summed E-state index contributed by atoms with van der Waals surface area (Å²) in [6.45, 7) is 0.252. The Morgan fingerprint density at radius 2 is 1.81 bits per heavy atom. The normalized spacial score (nSPS) is 9.52. The van der Waals surface area contributed by atoms with Crippen molar-refractivity contribution in [3.8, 4) is 5.75 Å². The SMILES string of the molecule is Cl.N=C(N)c1ccccc1OCc1ccc([N+](=O)[O-])cc1. The second kappa shape index (κ2) is 7.25. The lowest BCUT2D eigenvalue weighted by Crippen LogP contribution is -2.13. The predicted octanol–water partition coefficient (Wildman–Crippen LogP) is 2.88. The molecule has 0 aliphatic carbocycles. The summed E-state index contributed by atoms with van der Waals surface area (Å²) in [7, 11) is 0. The van der Waals surface area contributed by atoms with Crippen LogP contribution in [0.4, 0.5) is 5.69 Å². The molecular weight excluding hydrogens is 294 g/mol. The average molecular weight is 308 g/mol. The number of nitrogens with zero attached hydrogens (tertiary/aromatic N) is 1. The van der Waals surface area contributed by atoms with Gasteiger partial charge in [0.05, 0.1) is 10.5 Å². The summed E-state index contributed by atoms with van der Waals surface area (Å²) >= 11 is 0. The molecule has 2 aromatic rings. The summed E-state index contributed by atoms with van der Waals surface area (Å²) in [4.78, 5) is 10.1. The number of nitro benzene ring substituents is 1. The van der Waals surface area contributed by atoms with Gasteiger partial charge in [-0.1, -0.05) is 12.1 Å². The van der Waals surface area contributed by atoms with Gasteiger partial charge in [0, 0.05) is 12.1 Å². The summed E-state index contributed by atoms with van der Waals surface area (Å²) in [5, 5.41) is 18.0. The number of rotatable bonds is 5. The number of hydrogen-bond donors (Lipinski definition) is 2. The first-order chi connectivity index (χ1) is 9.58. The molecule has 0 fully saturated rings. The maximum atomic E-state index is 10.5. The number of para-hydroxylation sites is 1. The van der Waals surface area contributed by atoms with Crippen LogP contribution in [0.1, 0.15) is 11.1 Å². The van der Waals surface area contributed by atoms with Crippen LogP contribution in [0, 0.1) is 15.5 Å². The Morgan fingerprint density at radius 1 is 1.19 bits per heavy atom. The number of ether oxygens (including phenoxy) is 1. The third-order valence-electron chi connectivity index (χ3n) is 2.72. The van der Waals surface area contributed by atoms with Crippen LogP contribution in [-0.2, 0) is 6.61 Å². The molecule has 0 amide bonds. The molecule has 110 valence electrons. The van der Waals surface area contributed by atoms with Crippen molar-refractivity contribution in [1.82, 2.24) is 0 Å². The van der Waals surface area contributed by atoms with Gasteiger partial charge in [-0.05, 0) is 29.8 Å². The van der Waals surface area contributed by atoms with Crippen molar-refractivity contribution in [2.75, 3.05) is 0 Å². The van der Waals surface area contributed by atoms with E-state index >= 15 is 0 Å². The van der Waals surface area contributed by atoms with Crippen molar-refractivity contribution in [2.45, 2.75) is 6.61 Å². The minimum Gasteiger partial charge on any atom is -0.488 e. The summed E-state index contributed by atoms with van der Waals surface area (Å²) < 4.78 is 5.59. The molecule has 3 N–H and O–H groups in total. The topological polar surface area (TPSA) is 102 Å². The van der Waals surface area contributed by atoms with Gasteiger partial charge in [0.15, 0.2) is 0 Å². The first kappa shape index (κ1) is 16.5. The Labute approximate surface area is 127 Å². The molecule has 0 bridgehead atoms. The number of amidine groups is 1. The van der Waals surface area contributed by atoms with E-state index in [9.17, 15) is 10.1 Å². The average Bonchev–Trinajstić information content (AvgIpc) is 2.45. The molecule has 0 heterocycles. The molecule has 2 aromatic carbocycles. The fourth-order valence-corrected chi connectivity index (χ4v) is 1.69. The Kier molecular flexibility index (Phi) is 5.68. The first-order valence-electron chi connectivity index (χ1n) is 5.87. The van der Waals surface area contributed by atoms with Crippen LogP contribution in [0.15, 0.2) is 48.5 Å². The monoisotopic (exact) mass is 307 g/mol. The van der Waals surface area contributed by atoms with Crippen LogP contribution in [0.5, 0.6) is 5.75 Å². The van der Waals surface area contributed by atoms with Crippen molar-refractivity contribution in [3.63, 3.8) is 0 Å². The maximum Gasteiger partial charge on any atom is 0.269 e. The van der Waals surface area contributed by atoms with E-state index in [4.69, 9.17) is 15.9 Å². The molecule has 0 aliphatic heterocycles. The molecular formula is C14H14ClN3O3. The molecule has 0 spiro atoms. The Morgan fingerprint density at radius 3 is 2.38 bits per heavy atom.